The first-order chi connectivity index (χ1) is 12.0. The van der Waals surface area contributed by atoms with Crippen molar-refractivity contribution in [3.63, 3.8) is 0 Å². The topological polar surface area (TPSA) is 54.0 Å². The van der Waals surface area contributed by atoms with Gasteiger partial charge in [0.2, 0.25) is 0 Å². The van der Waals surface area contributed by atoms with Crippen molar-refractivity contribution in [3.8, 4) is 0 Å². The van der Waals surface area contributed by atoms with Gasteiger partial charge in [-0.15, -0.1) is 0 Å². The molecule has 0 aliphatic carbocycles. The first-order valence-electron chi connectivity index (χ1n) is 7.27. The van der Waals surface area contributed by atoms with Crippen LogP contribution in [0.25, 0.3) is 0 Å². The SMILES string of the molecule is O=C(Nc1ccccc1F)c1cccnc1Nc1ccc(Cl)c(Cl)c1. The number of benzene rings is 2. The van der Waals surface area contributed by atoms with Crippen LogP contribution < -0.4 is 10.6 Å². The van der Waals surface area contributed by atoms with Crippen molar-refractivity contribution in [1.29, 1.82) is 0 Å². The molecule has 1 aromatic heterocycles. The van der Waals surface area contributed by atoms with E-state index in [0.29, 0.717) is 21.6 Å². The van der Waals surface area contributed by atoms with E-state index in [0.717, 1.165) is 0 Å². The van der Waals surface area contributed by atoms with E-state index >= 15 is 0 Å². The average molecular weight is 376 g/mol. The lowest BCUT2D eigenvalue weighted by atomic mass is 10.2. The summed E-state index contributed by atoms with van der Waals surface area (Å²) in [6.07, 6.45) is 1.54. The number of nitrogens with zero attached hydrogens (tertiary/aromatic N) is 1. The molecule has 3 rings (SSSR count). The lowest BCUT2D eigenvalue weighted by molar-refractivity contribution is 0.102. The fourth-order valence-corrected chi connectivity index (χ4v) is 2.45. The van der Waals surface area contributed by atoms with Gasteiger partial charge in [-0.05, 0) is 42.5 Å². The van der Waals surface area contributed by atoms with Crippen LogP contribution >= 0.6 is 23.2 Å². The Morgan fingerprint density at radius 2 is 1.80 bits per heavy atom. The second kappa shape index (κ2) is 7.51. The Kier molecular flexibility index (Phi) is 5.16. The first kappa shape index (κ1) is 17.2. The Hall–Kier alpha value is -2.63. The normalized spacial score (nSPS) is 10.4. The summed E-state index contributed by atoms with van der Waals surface area (Å²) >= 11 is 11.9. The van der Waals surface area contributed by atoms with Gasteiger partial charge in [-0.3, -0.25) is 4.79 Å². The number of halogens is 3. The molecular formula is C18H12Cl2FN3O. The van der Waals surface area contributed by atoms with Crippen LogP contribution in [0.15, 0.2) is 60.8 Å². The molecule has 3 aromatic rings. The zero-order chi connectivity index (χ0) is 17.8. The minimum atomic E-state index is -0.515. The summed E-state index contributed by atoms with van der Waals surface area (Å²) in [5.74, 6) is -0.686. The number of rotatable bonds is 4. The van der Waals surface area contributed by atoms with Gasteiger partial charge in [-0.25, -0.2) is 9.37 Å². The van der Waals surface area contributed by atoms with Crippen LogP contribution in [-0.4, -0.2) is 10.9 Å². The Balaban J connectivity index is 1.86. The van der Waals surface area contributed by atoms with Crippen molar-refractivity contribution >= 4 is 46.3 Å². The molecule has 2 N–H and O–H groups in total. The predicted octanol–water partition coefficient (Wildman–Crippen LogP) is 5.52. The van der Waals surface area contributed by atoms with Crippen molar-refractivity contribution in [2.45, 2.75) is 0 Å². The Morgan fingerprint density at radius 1 is 1.00 bits per heavy atom. The zero-order valence-corrected chi connectivity index (χ0v) is 14.3. The highest BCUT2D eigenvalue weighted by Crippen LogP contribution is 2.27. The van der Waals surface area contributed by atoms with Gasteiger partial charge in [0, 0.05) is 11.9 Å². The van der Waals surface area contributed by atoms with E-state index in [1.807, 2.05) is 0 Å². The Labute approximate surface area is 153 Å². The first-order valence-corrected chi connectivity index (χ1v) is 8.03. The van der Waals surface area contributed by atoms with Crippen molar-refractivity contribution in [3.05, 3.63) is 82.2 Å². The van der Waals surface area contributed by atoms with Gasteiger partial charge < -0.3 is 10.6 Å². The molecule has 25 heavy (non-hydrogen) atoms. The Morgan fingerprint density at radius 3 is 2.56 bits per heavy atom. The predicted molar refractivity (Wildman–Crippen MR) is 98.3 cm³/mol. The van der Waals surface area contributed by atoms with Crippen LogP contribution in [0.5, 0.6) is 0 Å². The molecule has 0 spiro atoms. The number of hydrogen-bond acceptors (Lipinski definition) is 3. The molecule has 1 amide bonds. The number of pyridine rings is 1. The molecular weight excluding hydrogens is 364 g/mol. The number of para-hydroxylation sites is 1. The summed E-state index contributed by atoms with van der Waals surface area (Å²) in [7, 11) is 0. The summed E-state index contributed by atoms with van der Waals surface area (Å²) in [6, 6.07) is 14.1. The highest BCUT2D eigenvalue weighted by Gasteiger charge is 2.14. The molecule has 4 nitrogen and oxygen atoms in total. The highest BCUT2D eigenvalue weighted by atomic mass is 35.5. The third-order valence-electron chi connectivity index (χ3n) is 3.36. The number of anilines is 3. The summed E-state index contributed by atoms with van der Waals surface area (Å²) in [5, 5.41) is 6.34. The number of amides is 1. The number of hydrogen-bond donors (Lipinski definition) is 2. The molecule has 0 saturated carbocycles. The van der Waals surface area contributed by atoms with E-state index in [9.17, 15) is 9.18 Å². The van der Waals surface area contributed by atoms with Crippen LogP contribution in [0.1, 0.15) is 10.4 Å². The fraction of sp³-hybridized carbons (Fsp3) is 0. The fourth-order valence-electron chi connectivity index (χ4n) is 2.15. The molecule has 0 radical (unpaired) electrons. The monoisotopic (exact) mass is 375 g/mol. The van der Waals surface area contributed by atoms with Crippen molar-refractivity contribution < 1.29 is 9.18 Å². The molecule has 0 saturated heterocycles. The molecule has 0 aliphatic heterocycles. The maximum atomic E-state index is 13.7. The lowest BCUT2D eigenvalue weighted by Crippen LogP contribution is -2.15. The van der Waals surface area contributed by atoms with E-state index in [2.05, 4.69) is 15.6 Å². The van der Waals surface area contributed by atoms with E-state index in [1.165, 1.54) is 12.1 Å². The highest BCUT2D eigenvalue weighted by molar-refractivity contribution is 6.42. The van der Waals surface area contributed by atoms with Crippen LogP contribution in [0.2, 0.25) is 10.0 Å². The summed E-state index contributed by atoms with van der Waals surface area (Å²) < 4.78 is 13.7. The van der Waals surface area contributed by atoms with E-state index in [1.54, 1.807) is 48.7 Å². The molecule has 0 unspecified atom stereocenters. The minimum absolute atomic E-state index is 0.0943. The van der Waals surface area contributed by atoms with Gasteiger partial charge in [0.05, 0.1) is 21.3 Å². The quantitative estimate of drug-likeness (QED) is 0.630. The Bertz CT molecular complexity index is 934. The minimum Gasteiger partial charge on any atom is -0.340 e. The number of nitrogens with one attached hydrogen (secondary N) is 2. The van der Waals surface area contributed by atoms with Crippen LogP contribution in [-0.2, 0) is 0 Å². The number of aromatic nitrogens is 1. The smallest absolute Gasteiger partial charge is 0.259 e. The summed E-state index contributed by atoms with van der Waals surface area (Å²) in [6.45, 7) is 0. The second-order valence-electron chi connectivity index (χ2n) is 5.09. The molecule has 0 bridgehead atoms. The maximum Gasteiger partial charge on any atom is 0.259 e. The van der Waals surface area contributed by atoms with Gasteiger partial charge in [0.1, 0.15) is 11.6 Å². The van der Waals surface area contributed by atoms with Crippen LogP contribution in [0.3, 0.4) is 0 Å². The standard InChI is InChI=1S/C18H12Cl2FN3O/c19-13-8-7-11(10-14(13)20)23-17-12(4-3-9-22-17)18(25)24-16-6-2-1-5-15(16)21/h1-10H,(H,22,23)(H,24,25). The van der Waals surface area contributed by atoms with Crippen molar-refractivity contribution in [2.24, 2.45) is 0 Å². The molecule has 7 heteroatoms. The van der Waals surface area contributed by atoms with E-state index < -0.39 is 11.7 Å². The van der Waals surface area contributed by atoms with Gasteiger partial charge in [-0.1, -0.05) is 35.3 Å². The van der Waals surface area contributed by atoms with Crippen molar-refractivity contribution in [1.82, 2.24) is 4.98 Å². The van der Waals surface area contributed by atoms with Crippen LogP contribution in [0.4, 0.5) is 21.6 Å². The van der Waals surface area contributed by atoms with Gasteiger partial charge >= 0.3 is 0 Å². The second-order valence-corrected chi connectivity index (χ2v) is 5.90. The van der Waals surface area contributed by atoms with Crippen LogP contribution in [0, 0.1) is 5.82 Å². The van der Waals surface area contributed by atoms with E-state index in [-0.39, 0.29) is 11.3 Å². The third kappa shape index (κ3) is 4.07. The average Bonchev–Trinajstić information content (AvgIpc) is 2.60. The van der Waals surface area contributed by atoms with Gasteiger partial charge in [0.15, 0.2) is 0 Å². The molecule has 1 heterocycles. The maximum absolute atomic E-state index is 13.7. The molecule has 0 fully saturated rings. The van der Waals surface area contributed by atoms with Crippen molar-refractivity contribution in [2.75, 3.05) is 10.6 Å². The zero-order valence-electron chi connectivity index (χ0n) is 12.8. The largest absolute Gasteiger partial charge is 0.340 e. The molecule has 0 aliphatic rings. The number of carbonyl (C=O) groups is 1. The third-order valence-corrected chi connectivity index (χ3v) is 4.10. The lowest BCUT2D eigenvalue weighted by Gasteiger charge is -2.12. The number of carbonyl (C=O) groups excluding carboxylic acids is 1. The van der Waals surface area contributed by atoms with Gasteiger partial charge in [-0.2, -0.15) is 0 Å². The summed E-state index contributed by atoms with van der Waals surface area (Å²) in [4.78, 5) is 16.7. The summed E-state index contributed by atoms with van der Waals surface area (Å²) in [5.41, 5.74) is 0.974. The molecule has 126 valence electrons. The van der Waals surface area contributed by atoms with Gasteiger partial charge in [0.25, 0.3) is 5.91 Å². The molecule has 2 aromatic carbocycles. The molecule has 0 atom stereocenters. The van der Waals surface area contributed by atoms with E-state index in [4.69, 9.17) is 23.2 Å².